The average Bonchev–Trinajstić information content (AvgIpc) is 3.47. The smallest absolute Gasteiger partial charge is 0.295 e. The lowest BCUT2D eigenvalue weighted by Crippen LogP contribution is -2.29. The second kappa shape index (κ2) is 12.5. The van der Waals surface area contributed by atoms with Gasteiger partial charge in [-0.05, 0) is 73.4 Å². The van der Waals surface area contributed by atoms with E-state index in [1.54, 1.807) is 36.7 Å². The predicted molar refractivity (Wildman–Crippen MR) is 155 cm³/mol. The summed E-state index contributed by atoms with van der Waals surface area (Å²) in [6.07, 6.45) is 7.14. The van der Waals surface area contributed by atoms with Crippen LogP contribution in [0.5, 0.6) is 17.2 Å². The largest absolute Gasteiger partial charge is 0.507 e. The molecule has 1 fully saturated rings. The van der Waals surface area contributed by atoms with E-state index < -0.39 is 17.7 Å². The van der Waals surface area contributed by atoms with Crippen LogP contribution < -0.4 is 14.2 Å². The summed E-state index contributed by atoms with van der Waals surface area (Å²) in [5, 5.41) is 11.6. The number of aliphatic hydroxyl groups excluding tert-OH is 1. The van der Waals surface area contributed by atoms with Crippen LogP contribution in [0.2, 0.25) is 0 Å². The zero-order chi connectivity index (χ0) is 28.9. The van der Waals surface area contributed by atoms with Crippen molar-refractivity contribution in [2.75, 3.05) is 13.2 Å². The molecule has 0 aliphatic carbocycles. The molecule has 2 unspecified atom stereocenters. The standard InChI is InChI=1S/C33H36N2O6/c1-4-6-7-15-40-27-13-10-23(18-28(27)39-5-2)30-29(31(36)24-11-12-26-25(17-24)16-21(3)41-26)32(37)33(38)35(30)20-22-9-8-14-34-19-22/h8-14,17-19,21,30,36H,4-7,15-16,20H2,1-3H3/b31-29-. The highest BCUT2D eigenvalue weighted by Gasteiger charge is 2.46. The van der Waals surface area contributed by atoms with E-state index in [0.717, 1.165) is 36.1 Å². The number of aliphatic hydroxyl groups is 1. The molecule has 5 rings (SSSR count). The summed E-state index contributed by atoms with van der Waals surface area (Å²) < 4.78 is 17.8. The Bertz CT molecular complexity index is 1450. The molecule has 1 aromatic heterocycles. The van der Waals surface area contributed by atoms with Crippen LogP contribution in [0, 0.1) is 0 Å². The maximum absolute atomic E-state index is 13.6. The van der Waals surface area contributed by atoms with Crippen LogP contribution in [0.15, 0.2) is 66.5 Å². The van der Waals surface area contributed by atoms with Crippen molar-refractivity contribution in [3.05, 3.63) is 88.8 Å². The zero-order valence-corrected chi connectivity index (χ0v) is 23.8. The van der Waals surface area contributed by atoms with Crippen molar-refractivity contribution >= 4 is 17.4 Å². The van der Waals surface area contributed by atoms with Gasteiger partial charge in [-0.1, -0.05) is 31.9 Å². The van der Waals surface area contributed by atoms with E-state index in [4.69, 9.17) is 14.2 Å². The van der Waals surface area contributed by atoms with Gasteiger partial charge in [-0.25, -0.2) is 0 Å². The van der Waals surface area contributed by atoms with Gasteiger partial charge in [0.15, 0.2) is 11.5 Å². The van der Waals surface area contributed by atoms with Crippen LogP contribution in [-0.4, -0.2) is 46.0 Å². The van der Waals surface area contributed by atoms with Gasteiger partial charge in [0.2, 0.25) is 0 Å². The number of likely N-dealkylation sites (tertiary alicyclic amines) is 1. The van der Waals surface area contributed by atoms with Gasteiger partial charge in [-0.15, -0.1) is 0 Å². The minimum Gasteiger partial charge on any atom is -0.507 e. The fourth-order valence-corrected chi connectivity index (χ4v) is 5.42. The molecular formula is C33H36N2O6. The summed E-state index contributed by atoms with van der Waals surface area (Å²) in [5.41, 5.74) is 2.85. The maximum Gasteiger partial charge on any atom is 0.295 e. The van der Waals surface area contributed by atoms with E-state index in [9.17, 15) is 14.7 Å². The molecule has 2 aliphatic rings. The molecule has 1 amide bonds. The predicted octanol–water partition coefficient (Wildman–Crippen LogP) is 5.99. The number of ketones is 1. The number of pyridine rings is 1. The number of unbranched alkanes of at least 4 members (excludes halogenated alkanes) is 2. The molecule has 1 saturated heterocycles. The first kappa shape index (κ1) is 28.2. The summed E-state index contributed by atoms with van der Waals surface area (Å²) >= 11 is 0. The molecule has 214 valence electrons. The Kier molecular flexibility index (Phi) is 8.57. The van der Waals surface area contributed by atoms with E-state index in [-0.39, 0.29) is 24.0 Å². The number of Topliss-reactive ketones (excluding diaryl/α,β-unsaturated/α-hetero) is 1. The number of aromatic nitrogens is 1. The molecule has 41 heavy (non-hydrogen) atoms. The average molecular weight is 557 g/mol. The molecule has 3 heterocycles. The third-order valence-electron chi connectivity index (χ3n) is 7.37. The van der Waals surface area contributed by atoms with Crippen LogP contribution in [-0.2, 0) is 22.6 Å². The molecule has 0 spiro atoms. The molecule has 2 aliphatic heterocycles. The highest BCUT2D eigenvalue weighted by atomic mass is 16.5. The first-order valence-corrected chi connectivity index (χ1v) is 14.3. The highest BCUT2D eigenvalue weighted by Crippen LogP contribution is 2.43. The number of benzene rings is 2. The second-order valence-corrected chi connectivity index (χ2v) is 10.4. The van der Waals surface area contributed by atoms with E-state index in [1.807, 2.05) is 38.1 Å². The molecule has 0 bridgehead atoms. The Hall–Kier alpha value is -4.33. The van der Waals surface area contributed by atoms with E-state index >= 15 is 0 Å². The third kappa shape index (κ3) is 5.92. The molecule has 3 aromatic rings. The van der Waals surface area contributed by atoms with Crippen molar-refractivity contribution in [1.29, 1.82) is 0 Å². The van der Waals surface area contributed by atoms with Gasteiger partial charge in [0, 0.05) is 30.9 Å². The van der Waals surface area contributed by atoms with Crippen molar-refractivity contribution < 1.29 is 28.9 Å². The van der Waals surface area contributed by atoms with E-state index in [0.29, 0.717) is 42.3 Å². The van der Waals surface area contributed by atoms with Gasteiger partial charge >= 0.3 is 0 Å². The van der Waals surface area contributed by atoms with E-state index in [2.05, 4.69) is 11.9 Å². The van der Waals surface area contributed by atoms with Crippen LogP contribution in [0.4, 0.5) is 0 Å². The van der Waals surface area contributed by atoms with Gasteiger partial charge in [-0.3, -0.25) is 14.6 Å². The lowest BCUT2D eigenvalue weighted by molar-refractivity contribution is -0.140. The minimum atomic E-state index is -0.841. The lowest BCUT2D eigenvalue weighted by Gasteiger charge is -2.26. The maximum atomic E-state index is 13.6. The number of rotatable bonds is 11. The Morgan fingerprint density at radius 2 is 1.93 bits per heavy atom. The van der Waals surface area contributed by atoms with Crippen LogP contribution in [0.3, 0.4) is 0 Å². The van der Waals surface area contributed by atoms with E-state index in [1.165, 1.54) is 4.90 Å². The summed E-state index contributed by atoms with van der Waals surface area (Å²) in [4.78, 5) is 32.7. The number of nitrogens with zero attached hydrogens (tertiary/aromatic N) is 2. The highest BCUT2D eigenvalue weighted by molar-refractivity contribution is 6.46. The fraction of sp³-hybridized carbons (Fsp3) is 0.364. The quantitative estimate of drug-likeness (QED) is 0.134. The van der Waals surface area contributed by atoms with Crippen molar-refractivity contribution in [2.24, 2.45) is 0 Å². The normalized spacial score (nSPS) is 19.2. The third-order valence-corrected chi connectivity index (χ3v) is 7.37. The summed E-state index contributed by atoms with van der Waals surface area (Å²) in [7, 11) is 0. The SMILES string of the molecule is CCCCCOc1ccc(C2/C(=C(/O)c3ccc4c(c3)CC(C)O4)C(=O)C(=O)N2Cc2cccnc2)cc1OCC. The molecule has 2 atom stereocenters. The minimum absolute atomic E-state index is 0.0323. The first-order chi connectivity index (χ1) is 19.9. The number of carbonyl (C=O) groups is 2. The monoisotopic (exact) mass is 556 g/mol. The molecule has 0 saturated carbocycles. The Morgan fingerprint density at radius 3 is 2.68 bits per heavy atom. The number of hydrogen-bond donors (Lipinski definition) is 1. The Labute approximate surface area is 240 Å². The van der Waals surface area contributed by atoms with Crippen molar-refractivity contribution in [3.8, 4) is 17.2 Å². The first-order valence-electron chi connectivity index (χ1n) is 14.3. The van der Waals surface area contributed by atoms with Gasteiger partial charge in [0.1, 0.15) is 17.6 Å². The van der Waals surface area contributed by atoms with Gasteiger partial charge in [0.25, 0.3) is 11.7 Å². The second-order valence-electron chi connectivity index (χ2n) is 10.4. The molecular weight excluding hydrogens is 520 g/mol. The summed E-state index contributed by atoms with van der Waals surface area (Å²) in [5.74, 6) is 0.247. The number of amides is 1. The van der Waals surface area contributed by atoms with Gasteiger partial charge in [0.05, 0.1) is 24.8 Å². The number of hydrogen-bond acceptors (Lipinski definition) is 7. The molecule has 8 heteroatoms. The molecule has 8 nitrogen and oxygen atoms in total. The van der Waals surface area contributed by atoms with Crippen LogP contribution in [0.25, 0.3) is 5.76 Å². The summed E-state index contributed by atoms with van der Waals surface area (Å²) in [6.45, 7) is 7.14. The number of fused-ring (bicyclic) bond motifs is 1. The number of ether oxygens (including phenoxy) is 3. The van der Waals surface area contributed by atoms with Crippen LogP contribution >= 0.6 is 0 Å². The van der Waals surface area contributed by atoms with Gasteiger partial charge in [-0.2, -0.15) is 0 Å². The zero-order valence-electron chi connectivity index (χ0n) is 23.8. The van der Waals surface area contributed by atoms with Gasteiger partial charge < -0.3 is 24.2 Å². The Balaban J connectivity index is 1.59. The molecule has 0 radical (unpaired) electrons. The fourth-order valence-electron chi connectivity index (χ4n) is 5.42. The molecule has 2 aromatic carbocycles. The van der Waals surface area contributed by atoms with Crippen LogP contribution in [0.1, 0.15) is 68.3 Å². The molecule has 1 N–H and O–H groups in total. The lowest BCUT2D eigenvalue weighted by atomic mass is 9.94. The topological polar surface area (TPSA) is 98.2 Å². The Morgan fingerprint density at radius 1 is 1.07 bits per heavy atom. The van der Waals surface area contributed by atoms with Crippen molar-refractivity contribution in [1.82, 2.24) is 9.88 Å². The summed E-state index contributed by atoms with van der Waals surface area (Å²) in [6, 6.07) is 13.6. The number of carbonyl (C=O) groups excluding carboxylic acids is 2. The van der Waals surface area contributed by atoms with Crippen molar-refractivity contribution in [2.45, 2.75) is 65.1 Å². The van der Waals surface area contributed by atoms with Crippen molar-refractivity contribution in [3.63, 3.8) is 0 Å².